The molecule has 0 spiro atoms. The molecule has 1 aliphatic rings. The van der Waals surface area contributed by atoms with Gasteiger partial charge in [0.15, 0.2) is 0 Å². The molecule has 1 aromatic carbocycles. The molecule has 1 atom stereocenters. The first-order valence-electron chi connectivity index (χ1n) is 7.26. The van der Waals surface area contributed by atoms with Gasteiger partial charge in [0.25, 0.3) is 0 Å². The molecule has 3 nitrogen and oxygen atoms in total. The van der Waals surface area contributed by atoms with Crippen molar-refractivity contribution < 1.29 is 14.3 Å². The van der Waals surface area contributed by atoms with Crippen molar-refractivity contribution in [1.82, 2.24) is 4.90 Å². The van der Waals surface area contributed by atoms with Crippen LogP contribution in [0.1, 0.15) is 37.3 Å². The van der Waals surface area contributed by atoms with Gasteiger partial charge in [0, 0.05) is 19.5 Å². The van der Waals surface area contributed by atoms with Crippen molar-refractivity contribution in [3.8, 4) is 11.8 Å². The molecule has 1 N–H and O–H groups in total. The van der Waals surface area contributed by atoms with Crippen LogP contribution in [0.4, 0.5) is 4.39 Å². The van der Waals surface area contributed by atoms with E-state index in [9.17, 15) is 9.18 Å². The number of nitrogens with zero attached hydrogens (tertiary/aromatic N) is 1. The number of carbonyl (C=O) groups excluding carboxylic acids is 1. The summed E-state index contributed by atoms with van der Waals surface area (Å²) in [5, 5.41) is 8.69. The summed E-state index contributed by atoms with van der Waals surface area (Å²) in [5.41, 5.74) is 1.12. The summed E-state index contributed by atoms with van der Waals surface area (Å²) in [7, 11) is 0. The van der Waals surface area contributed by atoms with Gasteiger partial charge in [-0.15, -0.1) is 0 Å². The fourth-order valence-corrected chi connectivity index (χ4v) is 2.46. The quantitative estimate of drug-likeness (QED) is 0.849. The van der Waals surface area contributed by atoms with Crippen LogP contribution in [-0.2, 0) is 11.3 Å². The summed E-state index contributed by atoms with van der Waals surface area (Å²) in [6.45, 7) is 3.10. The maximum atomic E-state index is 13.6. The van der Waals surface area contributed by atoms with E-state index in [1.54, 1.807) is 12.1 Å². The molecule has 0 radical (unpaired) electrons. The van der Waals surface area contributed by atoms with E-state index in [0.717, 1.165) is 24.9 Å². The third kappa shape index (κ3) is 4.30. The molecule has 0 saturated carbocycles. The predicted molar refractivity (Wildman–Crippen MR) is 78.8 cm³/mol. The fourth-order valence-electron chi connectivity index (χ4n) is 2.46. The second-order valence-electron chi connectivity index (χ2n) is 5.52. The summed E-state index contributed by atoms with van der Waals surface area (Å²) in [4.78, 5) is 13.9. The lowest BCUT2D eigenvalue weighted by molar-refractivity contribution is -0.131. The van der Waals surface area contributed by atoms with Crippen LogP contribution in [0.15, 0.2) is 18.2 Å². The molecule has 1 fully saturated rings. The van der Waals surface area contributed by atoms with Crippen molar-refractivity contribution in [2.45, 2.75) is 32.7 Å². The van der Waals surface area contributed by atoms with Crippen molar-refractivity contribution in [2.75, 3.05) is 13.2 Å². The Hall–Kier alpha value is -1.86. The number of hydrogen-bond donors (Lipinski definition) is 1. The van der Waals surface area contributed by atoms with E-state index < -0.39 is 5.82 Å². The number of aliphatic hydroxyl groups excluding tert-OH is 1. The molecule has 112 valence electrons. The molecule has 4 heteroatoms. The minimum atomic E-state index is -0.407. The average Bonchev–Trinajstić information content (AvgIpc) is 2.63. The summed E-state index contributed by atoms with van der Waals surface area (Å²) in [5.74, 6) is 5.36. The van der Waals surface area contributed by atoms with Gasteiger partial charge in [-0.25, -0.2) is 4.39 Å². The van der Waals surface area contributed by atoms with E-state index in [2.05, 4.69) is 18.8 Å². The monoisotopic (exact) mass is 289 g/mol. The lowest BCUT2D eigenvalue weighted by Crippen LogP contribution is -2.29. The molecule has 1 amide bonds. The number of rotatable bonds is 2. The standard InChI is InChI=1S/C17H20FNO2/c1-13-4-7-17(21)19(9-8-13)12-14-5-6-16(18)15(11-14)3-2-10-20/h5-6,11,13,20H,4,7-10,12H2,1H3. The first kappa shape index (κ1) is 15.5. The molecule has 21 heavy (non-hydrogen) atoms. The van der Waals surface area contributed by atoms with Gasteiger partial charge in [0.2, 0.25) is 5.91 Å². The zero-order valence-electron chi connectivity index (χ0n) is 12.2. The Morgan fingerprint density at radius 2 is 2.24 bits per heavy atom. The molecule has 1 unspecified atom stereocenters. The maximum Gasteiger partial charge on any atom is 0.222 e. The van der Waals surface area contributed by atoms with Gasteiger partial charge < -0.3 is 10.0 Å². The van der Waals surface area contributed by atoms with Crippen LogP contribution >= 0.6 is 0 Å². The highest BCUT2D eigenvalue weighted by atomic mass is 19.1. The predicted octanol–water partition coefficient (Wildman–Crippen LogP) is 2.32. The second kappa shape index (κ2) is 7.24. The van der Waals surface area contributed by atoms with Gasteiger partial charge in [-0.05, 0) is 36.5 Å². The lowest BCUT2D eigenvalue weighted by Gasteiger charge is -2.21. The Labute approximate surface area is 124 Å². The van der Waals surface area contributed by atoms with Crippen LogP contribution in [0, 0.1) is 23.6 Å². The zero-order valence-corrected chi connectivity index (χ0v) is 12.2. The summed E-state index contributed by atoms with van der Waals surface area (Å²) in [6, 6.07) is 4.70. The second-order valence-corrected chi connectivity index (χ2v) is 5.52. The Bertz CT molecular complexity index is 574. The number of amides is 1. The van der Waals surface area contributed by atoms with Gasteiger partial charge in [-0.3, -0.25) is 4.79 Å². The third-order valence-electron chi connectivity index (χ3n) is 3.80. The van der Waals surface area contributed by atoms with Crippen LogP contribution in [0.5, 0.6) is 0 Å². The third-order valence-corrected chi connectivity index (χ3v) is 3.80. The van der Waals surface area contributed by atoms with E-state index >= 15 is 0 Å². The number of hydrogen-bond acceptors (Lipinski definition) is 2. The van der Waals surface area contributed by atoms with Crippen LogP contribution in [-0.4, -0.2) is 29.1 Å². The minimum Gasteiger partial charge on any atom is -0.384 e. The lowest BCUT2D eigenvalue weighted by atomic mass is 10.0. The Morgan fingerprint density at radius 3 is 3.00 bits per heavy atom. The van der Waals surface area contributed by atoms with Crippen molar-refractivity contribution >= 4 is 5.91 Å². The Morgan fingerprint density at radius 1 is 1.43 bits per heavy atom. The van der Waals surface area contributed by atoms with Gasteiger partial charge in [0.1, 0.15) is 12.4 Å². The molecule has 0 bridgehead atoms. The number of benzene rings is 1. The SMILES string of the molecule is CC1CCC(=O)N(Cc2ccc(F)c(C#CCO)c2)CC1. The topological polar surface area (TPSA) is 40.5 Å². The maximum absolute atomic E-state index is 13.6. The smallest absolute Gasteiger partial charge is 0.222 e. The Balaban J connectivity index is 2.13. The molecule has 1 heterocycles. The van der Waals surface area contributed by atoms with E-state index in [1.165, 1.54) is 6.07 Å². The van der Waals surface area contributed by atoms with Crippen LogP contribution in [0.2, 0.25) is 0 Å². The highest BCUT2D eigenvalue weighted by Gasteiger charge is 2.20. The van der Waals surface area contributed by atoms with E-state index in [-0.39, 0.29) is 18.1 Å². The fraction of sp³-hybridized carbons (Fsp3) is 0.471. The normalized spacial score (nSPS) is 18.9. The van der Waals surface area contributed by atoms with Gasteiger partial charge in [-0.1, -0.05) is 24.8 Å². The largest absolute Gasteiger partial charge is 0.384 e. The number of carbonyl (C=O) groups is 1. The van der Waals surface area contributed by atoms with Crippen molar-refractivity contribution in [3.05, 3.63) is 35.1 Å². The van der Waals surface area contributed by atoms with E-state index in [0.29, 0.717) is 18.9 Å². The van der Waals surface area contributed by atoms with E-state index in [4.69, 9.17) is 5.11 Å². The first-order valence-corrected chi connectivity index (χ1v) is 7.26. The van der Waals surface area contributed by atoms with Crippen LogP contribution in [0.25, 0.3) is 0 Å². The van der Waals surface area contributed by atoms with Crippen molar-refractivity contribution in [2.24, 2.45) is 5.92 Å². The first-order chi connectivity index (χ1) is 10.1. The van der Waals surface area contributed by atoms with Crippen LogP contribution in [0.3, 0.4) is 0 Å². The molecular weight excluding hydrogens is 269 g/mol. The van der Waals surface area contributed by atoms with E-state index in [1.807, 2.05) is 4.90 Å². The zero-order chi connectivity index (χ0) is 15.2. The molecule has 1 aliphatic heterocycles. The van der Waals surface area contributed by atoms with Gasteiger partial charge in [-0.2, -0.15) is 0 Å². The molecule has 2 rings (SSSR count). The molecule has 0 aliphatic carbocycles. The van der Waals surface area contributed by atoms with Crippen LogP contribution < -0.4 is 0 Å². The summed E-state index contributed by atoms with van der Waals surface area (Å²) >= 11 is 0. The number of likely N-dealkylation sites (tertiary alicyclic amines) is 1. The highest BCUT2D eigenvalue weighted by molar-refractivity contribution is 5.76. The molecule has 1 aromatic rings. The minimum absolute atomic E-state index is 0.159. The molecular formula is C17H20FNO2. The van der Waals surface area contributed by atoms with Gasteiger partial charge >= 0.3 is 0 Å². The van der Waals surface area contributed by atoms with Gasteiger partial charge in [0.05, 0.1) is 5.56 Å². The number of halogens is 1. The molecule has 1 saturated heterocycles. The average molecular weight is 289 g/mol. The van der Waals surface area contributed by atoms with Crippen molar-refractivity contribution in [3.63, 3.8) is 0 Å². The highest BCUT2D eigenvalue weighted by Crippen LogP contribution is 2.20. The summed E-state index contributed by atoms with van der Waals surface area (Å²) in [6.07, 6.45) is 2.52. The Kier molecular flexibility index (Phi) is 5.35. The molecule has 0 aromatic heterocycles. The van der Waals surface area contributed by atoms with Crippen molar-refractivity contribution in [1.29, 1.82) is 0 Å². The summed E-state index contributed by atoms with van der Waals surface area (Å²) < 4.78 is 13.6. The number of aliphatic hydroxyl groups is 1.